The van der Waals surface area contributed by atoms with Crippen LogP contribution in [-0.2, 0) is 6.42 Å². The lowest BCUT2D eigenvalue weighted by Crippen LogP contribution is -2.46. The number of hydrogen-bond acceptors (Lipinski definition) is 2. The molecule has 2 N–H and O–H groups in total. The van der Waals surface area contributed by atoms with E-state index < -0.39 is 5.60 Å². The molecule has 1 aromatic carbocycles. The molecule has 1 aromatic rings. The van der Waals surface area contributed by atoms with E-state index in [1.807, 2.05) is 31.2 Å². The Morgan fingerprint density at radius 1 is 1.56 bits per heavy atom. The summed E-state index contributed by atoms with van der Waals surface area (Å²) in [6.45, 7) is 2.91. The molecule has 0 aromatic heterocycles. The van der Waals surface area contributed by atoms with Crippen LogP contribution in [0.2, 0.25) is 5.02 Å². The first-order valence-electron chi connectivity index (χ1n) is 5.78. The fourth-order valence-electron chi connectivity index (χ4n) is 2.40. The Morgan fingerprint density at radius 3 is 3.00 bits per heavy atom. The molecule has 1 aliphatic heterocycles. The zero-order valence-electron chi connectivity index (χ0n) is 9.54. The quantitative estimate of drug-likeness (QED) is 0.849. The zero-order chi connectivity index (χ0) is 11.6. The summed E-state index contributed by atoms with van der Waals surface area (Å²) in [4.78, 5) is 0. The predicted molar refractivity (Wildman–Crippen MR) is 66.8 cm³/mol. The number of halogens is 1. The number of aliphatic hydroxyl groups is 1. The van der Waals surface area contributed by atoms with Crippen molar-refractivity contribution in [2.75, 3.05) is 6.54 Å². The van der Waals surface area contributed by atoms with E-state index in [4.69, 9.17) is 11.6 Å². The Bertz CT molecular complexity index is 359. The minimum absolute atomic E-state index is 0.200. The summed E-state index contributed by atoms with van der Waals surface area (Å²) in [5.74, 6) is 0. The SMILES string of the molecule is CC(O)(Cc1cccc(Cl)c1)C1CCCN1. The maximum Gasteiger partial charge on any atom is 0.0812 e. The van der Waals surface area contributed by atoms with Crippen LogP contribution in [0.4, 0.5) is 0 Å². The van der Waals surface area contributed by atoms with Crippen LogP contribution >= 0.6 is 11.6 Å². The summed E-state index contributed by atoms with van der Waals surface area (Å²) in [5.41, 5.74) is 0.396. The van der Waals surface area contributed by atoms with E-state index in [0.29, 0.717) is 6.42 Å². The van der Waals surface area contributed by atoms with Crippen molar-refractivity contribution in [2.45, 2.75) is 37.8 Å². The molecule has 0 bridgehead atoms. The Morgan fingerprint density at radius 2 is 2.38 bits per heavy atom. The smallest absolute Gasteiger partial charge is 0.0812 e. The average molecular weight is 240 g/mol. The van der Waals surface area contributed by atoms with Gasteiger partial charge < -0.3 is 10.4 Å². The van der Waals surface area contributed by atoms with E-state index in [-0.39, 0.29) is 6.04 Å². The van der Waals surface area contributed by atoms with Crippen molar-refractivity contribution >= 4 is 11.6 Å². The predicted octanol–water partition coefficient (Wildman–Crippen LogP) is 2.39. The molecular formula is C13H18ClNO. The highest BCUT2D eigenvalue weighted by Gasteiger charge is 2.33. The molecule has 88 valence electrons. The highest BCUT2D eigenvalue weighted by Crippen LogP contribution is 2.24. The maximum atomic E-state index is 10.5. The second-order valence-corrected chi connectivity index (χ2v) is 5.25. The van der Waals surface area contributed by atoms with Crippen LogP contribution in [0.15, 0.2) is 24.3 Å². The molecule has 0 amide bonds. The van der Waals surface area contributed by atoms with Crippen molar-refractivity contribution in [1.29, 1.82) is 0 Å². The Labute approximate surface area is 102 Å². The molecule has 0 aliphatic carbocycles. The number of nitrogens with one attached hydrogen (secondary N) is 1. The van der Waals surface area contributed by atoms with Crippen LogP contribution in [0.3, 0.4) is 0 Å². The van der Waals surface area contributed by atoms with Crippen LogP contribution in [0.1, 0.15) is 25.3 Å². The van der Waals surface area contributed by atoms with E-state index in [9.17, 15) is 5.11 Å². The topological polar surface area (TPSA) is 32.3 Å². The summed E-state index contributed by atoms with van der Waals surface area (Å²) in [6.07, 6.45) is 2.84. The summed E-state index contributed by atoms with van der Waals surface area (Å²) >= 11 is 5.94. The van der Waals surface area contributed by atoms with Crippen LogP contribution in [-0.4, -0.2) is 23.3 Å². The van der Waals surface area contributed by atoms with Gasteiger partial charge in [-0.3, -0.25) is 0 Å². The molecule has 3 heteroatoms. The monoisotopic (exact) mass is 239 g/mol. The van der Waals surface area contributed by atoms with Crippen LogP contribution in [0, 0.1) is 0 Å². The lowest BCUT2D eigenvalue weighted by Gasteiger charge is -2.30. The number of benzene rings is 1. The number of rotatable bonds is 3. The second kappa shape index (κ2) is 4.74. The minimum atomic E-state index is -0.693. The molecule has 2 unspecified atom stereocenters. The van der Waals surface area contributed by atoms with Gasteiger partial charge in [0.15, 0.2) is 0 Å². The lowest BCUT2D eigenvalue weighted by molar-refractivity contribution is 0.0262. The van der Waals surface area contributed by atoms with Crippen molar-refractivity contribution in [2.24, 2.45) is 0 Å². The first-order valence-corrected chi connectivity index (χ1v) is 6.16. The zero-order valence-corrected chi connectivity index (χ0v) is 10.3. The summed E-state index contributed by atoms with van der Waals surface area (Å²) in [5, 5.41) is 14.5. The fourth-order valence-corrected chi connectivity index (χ4v) is 2.61. The standard InChI is InChI=1S/C13H18ClNO/c1-13(16,12-6-3-7-15-12)9-10-4-2-5-11(14)8-10/h2,4-5,8,12,15-16H,3,6-7,9H2,1H3. The summed E-state index contributed by atoms with van der Waals surface area (Å²) in [6, 6.07) is 7.91. The van der Waals surface area contributed by atoms with Gasteiger partial charge in [0.25, 0.3) is 0 Å². The van der Waals surface area contributed by atoms with E-state index in [2.05, 4.69) is 5.32 Å². The third kappa shape index (κ3) is 2.76. The fraction of sp³-hybridized carbons (Fsp3) is 0.538. The average Bonchev–Trinajstić information content (AvgIpc) is 2.69. The van der Waals surface area contributed by atoms with Crippen molar-refractivity contribution in [3.63, 3.8) is 0 Å². The highest BCUT2D eigenvalue weighted by atomic mass is 35.5. The van der Waals surface area contributed by atoms with Gasteiger partial charge in [-0.15, -0.1) is 0 Å². The third-order valence-electron chi connectivity index (χ3n) is 3.26. The largest absolute Gasteiger partial charge is 0.388 e. The van der Waals surface area contributed by atoms with Gasteiger partial charge in [-0.2, -0.15) is 0 Å². The van der Waals surface area contributed by atoms with Crippen molar-refractivity contribution < 1.29 is 5.11 Å². The van der Waals surface area contributed by atoms with Crippen molar-refractivity contribution in [3.05, 3.63) is 34.9 Å². The number of hydrogen-bond donors (Lipinski definition) is 2. The molecule has 1 aliphatic rings. The minimum Gasteiger partial charge on any atom is -0.388 e. The Kier molecular flexibility index (Phi) is 3.53. The van der Waals surface area contributed by atoms with E-state index in [1.165, 1.54) is 0 Å². The van der Waals surface area contributed by atoms with Crippen molar-refractivity contribution in [3.8, 4) is 0 Å². The molecule has 0 radical (unpaired) electrons. The maximum absolute atomic E-state index is 10.5. The van der Waals surface area contributed by atoms with Gasteiger partial charge in [0.05, 0.1) is 5.60 Å². The van der Waals surface area contributed by atoms with Crippen molar-refractivity contribution in [1.82, 2.24) is 5.32 Å². The van der Waals surface area contributed by atoms with Gasteiger partial charge in [0, 0.05) is 17.5 Å². The summed E-state index contributed by atoms with van der Waals surface area (Å²) < 4.78 is 0. The van der Waals surface area contributed by atoms with Gasteiger partial charge >= 0.3 is 0 Å². The molecule has 2 nitrogen and oxygen atoms in total. The van der Waals surface area contributed by atoms with E-state index >= 15 is 0 Å². The molecule has 1 fully saturated rings. The van der Waals surface area contributed by atoms with Crippen LogP contribution < -0.4 is 5.32 Å². The Balaban J connectivity index is 2.07. The third-order valence-corrected chi connectivity index (χ3v) is 3.50. The van der Waals surface area contributed by atoms with Gasteiger partial charge in [-0.1, -0.05) is 23.7 Å². The normalized spacial score (nSPS) is 24.3. The molecule has 1 saturated heterocycles. The molecule has 2 rings (SSSR count). The summed E-state index contributed by atoms with van der Waals surface area (Å²) in [7, 11) is 0. The van der Waals surface area contributed by atoms with E-state index in [1.54, 1.807) is 0 Å². The van der Waals surface area contributed by atoms with Crippen LogP contribution in [0.25, 0.3) is 0 Å². The van der Waals surface area contributed by atoms with E-state index in [0.717, 1.165) is 30.0 Å². The molecule has 0 spiro atoms. The van der Waals surface area contributed by atoms with Gasteiger partial charge in [-0.25, -0.2) is 0 Å². The molecule has 1 heterocycles. The first-order chi connectivity index (χ1) is 7.58. The molecule has 2 atom stereocenters. The Hall–Kier alpha value is -0.570. The second-order valence-electron chi connectivity index (χ2n) is 4.81. The molecule has 0 saturated carbocycles. The van der Waals surface area contributed by atoms with Crippen LogP contribution in [0.5, 0.6) is 0 Å². The van der Waals surface area contributed by atoms with Gasteiger partial charge in [0.2, 0.25) is 0 Å². The first kappa shape index (κ1) is 11.9. The highest BCUT2D eigenvalue weighted by molar-refractivity contribution is 6.30. The van der Waals surface area contributed by atoms with Gasteiger partial charge in [0.1, 0.15) is 0 Å². The molecular weight excluding hydrogens is 222 g/mol. The van der Waals surface area contributed by atoms with Gasteiger partial charge in [-0.05, 0) is 44.0 Å². The molecule has 16 heavy (non-hydrogen) atoms. The lowest BCUT2D eigenvalue weighted by atomic mass is 9.88.